The minimum absolute atomic E-state index is 0.168. The second-order valence-electron chi connectivity index (χ2n) is 7.70. The number of sulfonamides is 1. The third-order valence-electron chi connectivity index (χ3n) is 5.72. The Hall–Kier alpha value is -2.23. The zero-order chi connectivity index (χ0) is 22.0. The molecule has 2 aliphatic heterocycles. The third-order valence-corrected chi connectivity index (χ3v) is 7.93. The quantitative estimate of drug-likeness (QED) is 0.692. The maximum atomic E-state index is 14.4. The van der Waals surface area contributed by atoms with Gasteiger partial charge in [0, 0.05) is 51.0 Å². The van der Waals surface area contributed by atoms with Gasteiger partial charge in [-0.25, -0.2) is 17.8 Å². The summed E-state index contributed by atoms with van der Waals surface area (Å²) in [7, 11) is -3.97. The first-order valence-electron chi connectivity index (χ1n) is 10.3. The summed E-state index contributed by atoms with van der Waals surface area (Å²) in [4.78, 5) is 20.5. The number of carbonyl (C=O) groups is 1. The van der Waals surface area contributed by atoms with Gasteiger partial charge in [0.1, 0.15) is 16.5 Å². The largest absolute Gasteiger partial charge is 0.352 e. The monoisotopic (exact) mass is 466 g/mol. The number of anilines is 1. The van der Waals surface area contributed by atoms with Crippen molar-refractivity contribution in [3.63, 3.8) is 0 Å². The van der Waals surface area contributed by atoms with E-state index in [2.05, 4.69) is 4.98 Å². The van der Waals surface area contributed by atoms with Crippen molar-refractivity contribution in [1.82, 2.24) is 14.2 Å². The molecule has 2 saturated heterocycles. The lowest BCUT2D eigenvalue weighted by Gasteiger charge is -2.35. The van der Waals surface area contributed by atoms with Gasteiger partial charge >= 0.3 is 0 Å². The van der Waals surface area contributed by atoms with E-state index in [1.54, 1.807) is 23.2 Å². The van der Waals surface area contributed by atoms with Gasteiger partial charge in [0.2, 0.25) is 10.0 Å². The number of nitrogens with zero attached hydrogens (tertiary/aromatic N) is 4. The second-order valence-corrected chi connectivity index (χ2v) is 10.0. The molecule has 0 unspecified atom stereocenters. The number of rotatable bonds is 4. The minimum Gasteiger partial charge on any atom is -0.352 e. The summed E-state index contributed by atoms with van der Waals surface area (Å²) in [6.45, 7) is 2.69. The van der Waals surface area contributed by atoms with Crippen molar-refractivity contribution in [3.8, 4) is 0 Å². The van der Waals surface area contributed by atoms with E-state index in [0.717, 1.165) is 25.3 Å². The number of halogens is 2. The Kier molecular flexibility index (Phi) is 6.45. The molecule has 7 nitrogen and oxygen atoms in total. The van der Waals surface area contributed by atoms with Gasteiger partial charge in [-0.2, -0.15) is 4.31 Å². The van der Waals surface area contributed by atoms with E-state index < -0.39 is 20.7 Å². The first-order chi connectivity index (χ1) is 14.9. The lowest BCUT2D eigenvalue weighted by Crippen LogP contribution is -2.49. The number of hydrogen-bond acceptors (Lipinski definition) is 5. The molecule has 31 heavy (non-hydrogen) atoms. The molecule has 1 amide bonds. The predicted molar refractivity (Wildman–Crippen MR) is 116 cm³/mol. The number of piperidine rings is 1. The highest BCUT2D eigenvalue weighted by Crippen LogP contribution is 2.26. The predicted octanol–water partition coefficient (Wildman–Crippen LogP) is 3.01. The summed E-state index contributed by atoms with van der Waals surface area (Å²) in [6, 6.07) is 7.10. The van der Waals surface area contributed by atoms with Crippen LogP contribution in [-0.4, -0.2) is 67.8 Å². The van der Waals surface area contributed by atoms with Crippen LogP contribution < -0.4 is 4.90 Å². The number of amides is 1. The van der Waals surface area contributed by atoms with Crippen LogP contribution in [0, 0.1) is 5.82 Å². The number of piperazine rings is 1. The molecule has 0 bridgehead atoms. The SMILES string of the molecule is O=C(c1ccc(F)c(S(=O)(=O)N2CCCCC2)c1)N1CCN(c2ncccc2Cl)CC1. The van der Waals surface area contributed by atoms with E-state index in [9.17, 15) is 17.6 Å². The summed E-state index contributed by atoms with van der Waals surface area (Å²) >= 11 is 6.21. The maximum absolute atomic E-state index is 14.4. The molecular formula is C21H24ClFN4O3S. The highest BCUT2D eigenvalue weighted by atomic mass is 35.5. The van der Waals surface area contributed by atoms with Crippen molar-refractivity contribution in [1.29, 1.82) is 0 Å². The molecule has 2 aromatic rings. The molecule has 166 valence electrons. The summed E-state index contributed by atoms with van der Waals surface area (Å²) < 4.78 is 41.6. The van der Waals surface area contributed by atoms with E-state index in [-0.39, 0.29) is 11.5 Å². The third kappa shape index (κ3) is 4.53. The van der Waals surface area contributed by atoms with Gasteiger partial charge in [-0.3, -0.25) is 4.79 Å². The number of carbonyl (C=O) groups excluding carboxylic acids is 1. The van der Waals surface area contributed by atoms with Crippen LogP contribution in [0.3, 0.4) is 0 Å². The fraction of sp³-hybridized carbons (Fsp3) is 0.429. The molecule has 4 rings (SSSR count). The van der Waals surface area contributed by atoms with Crippen LogP contribution in [0.1, 0.15) is 29.6 Å². The normalized spacial score (nSPS) is 18.3. The Balaban J connectivity index is 1.50. The van der Waals surface area contributed by atoms with Gasteiger partial charge in [0.15, 0.2) is 0 Å². The Bertz CT molecular complexity index is 1070. The lowest BCUT2D eigenvalue weighted by molar-refractivity contribution is 0.0746. The highest BCUT2D eigenvalue weighted by Gasteiger charge is 2.30. The van der Waals surface area contributed by atoms with E-state index >= 15 is 0 Å². The van der Waals surface area contributed by atoms with Crippen molar-refractivity contribution in [2.75, 3.05) is 44.2 Å². The first kappa shape index (κ1) is 22.0. The Morgan fingerprint density at radius 3 is 2.39 bits per heavy atom. The standard InChI is InChI=1S/C21H24ClFN4O3S/c22-17-5-4-8-24-20(17)25-11-13-26(14-12-25)21(28)16-6-7-18(23)19(15-16)31(29,30)27-9-2-1-3-10-27/h4-8,15H,1-3,9-14H2. The zero-order valence-electron chi connectivity index (χ0n) is 17.0. The van der Waals surface area contributed by atoms with E-state index in [1.165, 1.54) is 16.4 Å². The maximum Gasteiger partial charge on any atom is 0.254 e. The fourth-order valence-corrected chi connectivity index (χ4v) is 5.84. The molecule has 1 aromatic heterocycles. The summed E-state index contributed by atoms with van der Waals surface area (Å²) in [6.07, 6.45) is 4.14. The summed E-state index contributed by atoms with van der Waals surface area (Å²) in [5, 5.41) is 0.549. The smallest absolute Gasteiger partial charge is 0.254 e. The molecule has 0 atom stereocenters. The number of benzene rings is 1. The van der Waals surface area contributed by atoms with Crippen LogP contribution in [0.15, 0.2) is 41.4 Å². The average molecular weight is 467 g/mol. The fourth-order valence-electron chi connectivity index (χ4n) is 3.99. The molecule has 2 fully saturated rings. The van der Waals surface area contributed by atoms with Gasteiger partial charge < -0.3 is 9.80 Å². The van der Waals surface area contributed by atoms with E-state index in [0.29, 0.717) is 50.1 Å². The van der Waals surface area contributed by atoms with E-state index in [1.807, 2.05) is 4.90 Å². The van der Waals surface area contributed by atoms with Gasteiger partial charge in [0.05, 0.1) is 5.02 Å². The van der Waals surface area contributed by atoms with Crippen LogP contribution in [0.2, 0.25) is 5.02 Å². The number of pyridine rings is 1. The average Bonchev–Trinajstić information content (AvgIpc) is 2.80. The van der Waals surface area contributed by atoms with Crippen molar-refractivity contribution in [3.05, 3.63) is 52.9 Å². The van der Waals surface area contributed by atoms with Crippen LogP contribution in [0.5, 0.6) is 0 Å². The molecule has 10 heteroatoms. The molecular weight excluding hydrogens is 443 g/mol. The Morgan fingerprint density at radius 2 is 1.71 bits per heavy atom. The summed E-state index contributed by atoms with van der Waals surface area (Å²) in [5.74, 6) is -0.480. The molecule has 0 N–H and O–H groups in total. The lowest BCUT2D eigenvalue weighted by atomic mass is 10.1. The van der Waals surface area contributed by atoms with Crippen LogP contribution in [0.25, 0.3) is 0 Å². The molecule has 0 spiro atoms. The van der Waals surface area contributed by atoms with Crippen LogP contribution >= 0.6 is 11.6 Å². The Labute approximate surface area is 186 Å². The molecule has 2 aliphatic rings. The first-order valence-corrected chi connectivity index (χ1v) is 12.1. The van der Waals surface area contributed by atoms with Gasteiger partial charge in [-0.1, -0.05) is 18.0 Å². The van der Waals surface area contributed by atoms with Gasteiger partial charge in [-0.15, -0.1) is 0 Å². The van der Waals surface area contributed by atoms with Gasteiger partial charge in [-0.05, 0) is 43.2 Å². The number of aromatic nitrogens is 1. The van der Waals surface area contributed by atoms with Crippen molar-refractivity contribution in [2.45, 2.75) is 24.2 Å². The van der Waals surface area contributed by atoms with Crippen LogP contribution in [0.4, 0.5) is 10.2 Å². The van der Waals surface area contributed by atoms with Crippen molar-refractivity contribution in [2.24, 2.45) is 0 Å². The topological polar surface area (TPSA) is 73.8 Å². The van der Waals surface area contributed by atoms with E-state index in [4.69, 9.17) is 11.6 Å². The van der Waals surface area contributed by atoms with Crippen molar-refractivity contribution >= 4 is 33.3 Å². The summed E-state index contributed by atoms with van der Waals surface area (Å²) in [5.41, 5.74) is 0.168. The van der Waals surface area contributed by atoms with Crippen molar-refractivity contribution < 1.29 is 17.6 Å². The zero-order valence-corrected chi connectivity index (χ0v) is 18.6. The highest BCUT2D eigenvalue weighted by molar-refractivity contribution is 7.89. The Morgan fingerprint density at radius 1 is 1.00 bits per heavy atom. The van der Waals surface area contributed by atoms with Gasteiger partial charge in [0.25, 0.3) is 5.91 Å². The molecule has 3 heterocycles. The minimum atomic E-state index is -3.97. The number of hydrogen-bond donors (Lipinski definition) is 0. The molecule has 1 aromatic carbocycles. The van der Waals surface area contributed by atoms with Crippen LogP contribution in [-0.2, 0) is 10.0 Å². The second kappa shape index (κ2) is 9.10. The molecule has 0 aliphatic carbocycles. The molecule has 0 saturated carbocycles. The molecule has 0 radical (unpaired) electrons.